The molecule has 0 radical (unpaired) electrons. The lowest BCUT2D eigenvalue weighted by Gasteiger charge is -2.27. The Bertz CT molecular complexity index is 718. The molecule has 2 unspecified atom stereocenters. The van der Waals surface area contributed by atoms with Crippen LogP contribution in [0.25, 0.3) is 0 Å². The van der Waals surface area contributed by atoms with Crippen molar-refractivity contribution < 1.29 is 14.7 Å². The highest BCUT2D eigenvalue weighted by Crippen LogP contribution is 2.34. The van der Waals surface area contributed by atoms with Crippen LogP contribution in [0.2, 0.25) is 0 Å². The number of carbonyl (C=O) groups is 2. The molecule has 2 aromatic rings. The van der Waals surface area contributed by atoms with Gasteiger partial charge in [-0.3, -0.25) is 4.79 Å². The Morgan fingerprint density at radius 3 is 2.73 bits per heavy atom. The van der Waals surface area contributed by atoms with Crippen LogP contribution in [-0.4, -0.2) is 34.6 Å². The number of nitrogens with one attached hydrogen (secondary N) is 1. The van der Waals surface area contributed by atoms with Crippen molar-refractivity contribution in [3.05, 3.63) is 58.3 Å². The van der Waals surface area contributed by atoms with Crippen LogP contribution < -0.4 is 5.32 Å². The summed E-state index contributed by atoms with van der Waals surface area (Å²) in [5, 5.41) is 14.1. The Kier molecular flexibility index (Phi) is 6.28. The molecule has 2 atom stereocenters. The SMILES string of the molecule is O=C(O)CCC(Cc1ccccc1)NC(=O)N1CCCC1c1cccs1. The first-order valence-corrected chi connectivity index (χ1v) is 9.87. The number of rotatable bonds is 7. The van der Waals surface area contributed by atoms with Crippen molar-refractivity contribution in [2.24, 2.45) is 0 Å². The zero-order valence-electron chi connectivity index (χ0n) is 14.6. The number of likely N-dealkylation sites (tertiary alicyclic amines) is 1. The molecule has 2 heterocycles. The van der Waals surface area contributed by atoms with Crippen LogP contribution in [0.15, 0.2) is 47.8 Å². The fourth-order valence-corrected chi connectivity index (χ4v) is 4.34. The molecule has 3 rings (SSSR count). The average molecular weight is 372 g/mol. The van der Waals surface area contributed by atoms with Crippen molar-refractivity contribution in [1.29, 1.82) is 0 Å². The number of carboxylic acid groups (broad SMARTS) is 1. The molecule has 6 heteroatoms. The fourth-order valence-electron chi connectivity index (χ4n) is 3.47. The Labute approximate surface area is 157 Å². The highest BCUT2D eigenvalue weighted by Gasteiger charge is 2.31. The molecule has 1 fully saturated rings. The number of benzene rings is 1. The monoisotopic (exact) mass is 372 g/mol. The van der Waals surface area contributed by atoms with Gasteiger partial charge in [0, 0.05) is 23.9 Å². The normalized spacial score (nSPS) is 17.8. The van der Waals surface area contributed by atoms with Crippen molar-refractivity contribution in [2.45, 2.75) is 44.2 Å². The van der Waals surface area contributed by atoms with E-state index in [9.17, 15) is 9.59 Å². The Morgan fingerprint density at radius 1 is 1.23 bits per heavy atom. The molecule has 0 bridgehead atoms. The predicted octanol–water partition coefficient (Wildman–Crippen LogP) is 4.07. The molecule has 2 N–H and O–H groups in total. The van der Waals surface area contributed by atoms with Crippen molar-refractivity contribution in [1.82, 2.24) is 10.2 Å². The van der Waals surface area contributed by atoms with Gasteiger partial charge in [-0.2, -0.15) is 0 Å². The first-order valence-electron chi connectivity index (χ1n) is 8.99. The molecular formula is C20H24N2O3S. The summed E-state index contributed by atoms with van der Waals surface area (Å²) < 4.78 is 0. The molecule has 26 heavy (non-hydrogen) atoms. The van der Waals surface area contributed by atoms with E-state index >= 15 is 0 Å². The maximum Gasteiger partial charge on any atom is 0.318 e. The number of amides is 2. The summed E-state index contributed by atoms with van der Waals surface area (Å²) in [7, 11) is 0. The average Bonchev–Trinajstić information content (AvgIpc) is 3.31. The van der Waals surface area contributed by atoms with E-state index in [1.54, 1.807) is 11.3 Å². The second-order valence-corrected chi connectivity index (χ2v) is 7.61. The maximum atomic E-state index is 12.9. The van der Waals surface area contributed by atoms with Gasteiger partial charge in [0.05, 0.1) is 6.04 Å². The third-order valence-electron chi connectivity index (χ3n) is 4.74. The molecule has 1 aliphatic heterocycles. The lowest BCUT2D eigenvalue weighted by Crippen LogP contribution is -2.45. The summed E-state index contributed by atoms with van der Waals surface area (Å²) in [6, 6.07) is 13.8. The third kappa shape index (κ3) is 4.85. The molecule has 2 amide bonds. The van der Waals surface area contributed by atoms with Gasteiger partial charge in [-0.1, -0.05) is 36.4 Å². The van der Waals surface area contributed by atoms with Gasteiger partial charge in [0.2, 0.25) is 0 Å². The van der Waals surface area contributed by atoms with Crippen LogP contribution >= 0.6 is 11.3 Å². The minimum Gasteiger partial charge on any atom is -0.481 e. The van der Waals surface area contributed by atoms with Gasteiger partial charge < -0.3 is 15.3 Å². The number of carbonyl (C=O) groups excluding carboxylic acids is 1. The van der Waals surface area contributed by atoms with Gasteiger partial charge in [0.25, 0.3) is 0 Å². The number of carboxylic acids is 1. The topological polar surface area (TPSA) is 69.6 Å². The van der Waals surface area contributed by atoms with E-state index in [1.165, 1.54) is 4.88 Å². The van der Waals surface area contributed by atoms with Crippen LogP contribution in [0.5, 0.6) is 0 Å². The first-order chi connectivity index (χ1) is 12.6. The first kappa shape index (κ1) is 18.5. The van der Waals surface area contributed by atoms with Crippen LogP contribution in [0.4, 0.5) is 4.79 Å². The number of thiophene rings is 1. The zero-order chi connectivity index (χ0) is 18.4. The largest absolute Gasteiger partial charge is 0.481 e. The number of nitrogens with zero attached hydrogens (tertiary/aromatic N) is 1. The van der Waals surface area contributed by atoms with Gasteiger partial charge in [-0.05, 0) is 42.7 Å². The summed E-state index contributed by atoms with van der Waals surface area (Å²) in [4.78, 5) is 27.0. The van der Waals surface area contributed by atoms with E-state index in [4.69, 9.17) is 5.11 Å². The lowest BCUT2D eigenvalue weighted by molar-refractivity contribution is -0.137. The van der Waals surface area contributed by atoms with E-state index in [0.717, 1.165) is 24.9 Å². The van der Waals surface area contributed by atoms with Crippen LogP contribution in [-0.2, 0) is 11.2 Å². The quantitative estimate of drug-likeness (QED) is 0.770. The van der Waals surface area contributed by atoms with Crippen molar-refractivity contribution in [3.63, 3.8) is 0 Å². The van der Waals surface area contributed by atoms with Crippen LogP contribution in [0.1, 0.15) is 42.2 Å². The predicted molar refractivity (Wildman–Crippen MR) is 102 cm³/mol. The Hall–Kier alpha value is -2.34. The second kappa shape index (κ2) is 8.85. The zero-order valence-corrected chi connectivity index (χ0v) is 15.5. The second-order valence-electron chi connectivity index (χ2n) is 6.64. The minimum atomic E-state index is -0.838. The molecule has 1 aromatic heterocycles. The van der Waals surface area contributed by atoms with Gasteiger partial charge in [-0.15, -0.1) is 11.3 Å². The summed E-state index contributed by atoms with van der Waals surface area (Å²) in [5.41, 5.74) is 1.10. The minimum absolute atomic E-state index is 0.0478. The molecular weight excluding hydrogens is 348 g/mol. The number of hydrogen-bond acceptors (Lipinski definition) is 3. The summed E-state index contributed by atoms with van der Waals surface area (Å²) in [6.07, 6.45) is 3.08. The Balaban J connectivity index is 1.66. The van der Waals surface area contributed by atoms with E-state index in [0.29, 0.717) is 12.8 Å². The van der Waals surface area contributed by atoms with Crippen molar-refractivity contribution >= 4 is 23.3 Å². The van der Waals surface area contributed by atoms with Crippen LogP contribution in [0.3, 0.4) is 0 Å². The molecule has 1 aromatic carbocycles. The molecule has 0 saturated carbocycles. The molecule has 1 aliphatic rings. The van der Waals surface area contributed by atoms with Crippen molar-refractivity contribution in [2.75, 3.05) is 6.54 Å². The summed E-state index contributed by atoms with van der Waals surface area (Å²) in [5.74, 6) is -0.838. The van der Waals surface area contributed by atoms with E-state index in [-0.39, 0.29) is 24.5 Å². The molecule has 138 valence electrons. The summed E-state index contributed by atoms with van der Waals surface area (Å²) >= 11 is 1.68. The third-order valence-corrected chi connectivity index (χ3v) is 5.72. The maximum absolute atomic E-state index is 12.9. The molecule has 5 nitrogen and oxygen atoms in total. The smallest absolute Gasteiger partial charge is 0.318 e. The van der Waals surface area contributed by atoms with Gasteiger partial charge in [0.15, 0.2) is 0 Å². The van der Waals surface area contributed by atoms with Crippen LogP contribution in [0, 0.1) is 0 Å². The highest BCUT2D eigenvalue weighted by atomic mass is 32.1. The van der Waals surface area contributed by atoms with E-state index < -0.39 is 5.97 Å². The standard InChI is InChI=1S/C20H24N2O3S/c23-19(24)11-10-16(14-15-6-2-1-3-7-15)21-20(25)22-12-4-8-17(22)18-9-5-13-26-18/h1-3,5-7,9,13,16-17H,4,8,10-12,14H2,(H,21,25)(H,23,24). The van der Waals surface area contributed by atoms with Gasteiger partial charge in [0.1, 0.15) is 0 Å². The number of urea groups is 1. The Morgan fingerprint density at radius 2 is 2.04 bits per heavy atom. The van der Waals surface area contributed by atoms with Gasteiger partial charge >= 0.3 is 12.0 Å². The van der Waals surface area contributed by atoms with Crippen molar-refractivity contribution in [3.8, 4) is 0 Å². The lowest BCUT2D eigenvalue weighted by atomic mass is 10.0. The van der Waals surface area contributed by atoms with E-state index in [1.807, 2.05) is 46.7 Å². The molecule has 0 spiro atoms. The summed E-state index contributed by atoms with van der Waals surface area (Å²) in [6.45, 7) is 0.741. The highest BCUT2D eigenvalue weighted by molar-refractivity contribution is 7.10. The van der Waals surface area contributed by atoms with E-state index in [2.05, 4.69) is 11.4 Å². The molecule has 0 aliphatic carbocycles. The number of hydrogen-bond donors (Lipinski definition) is 2. The van der Waals surface area contributed by atoms with Gasteiger partial charge in [-0.25, -0.2) is 4.79 Å². The number of aliphatic carboxylic acids is 1. The molecule has 1 saturated heterocycles. The fraction of sp³-hybridized carbons (Fsp3) is 0.400.